The van der Waals surface area contributed by atoms with Gasteiger partial charge in [-0.3, -0.25) is 4.79 Å². The lowest BCUT2D eigenvalue weighted by Crippen LogP contribution is -2.01. The summed E-state index contributed by atoms with van der Waals surface area (Å²) >= 11 is 9.06. The number of benzene rings is 1. The maximum absolute atomic E-state index is 12.0. The molecule has 0 fully saturated rings. The number of anilines is 1. The maximum atomic E-state index is 12.0. The van der Waals surface area contributed by atoms with Crippen molar-refractivity contribution in [3.05, 3.63) is 51.3 Å². The van der Waals surface area contributed by atoms with Gasteiger partial charge in [0.15, 0.2) is 10.4 Å². The van der Waals surface area contributed by atoms with E-state index in [1.807, 2.05) is 0 Å². The first-order valence-corrected chi connectivity index (χ1v) is 5.60. The van der Waals surface area contributed by atoms with Crippen molar-refractivity contribution in [1.29, 1.82) is 0 Å². The second-order valence-corrected chi connectivity index (χ2v) is 4.36. The molecule has 1 aromatic heterocycles. The quantitative estimate of drug-likeness (QED) is 0.682. The van der Waals surface area contributed by atoms with Gasteiger partial charge in [-0.05, 0) is 46.3 Å². The molecule has 82 valence electrons. The van der Waals surface area contributed by atoms with E-state index in [2.05, 4.69) is 15.9 Å². The van der Waals surface area contributed by atoms with Crippen molar-refractivity contribution in [2.45, 2.75) is 0 Å². The first-order chi connectivity index (χ1) is 7.58. The Balaban J connectivity index is 2.41. The second kappa shape index (κ2) is 4.31. The molecule has 0 saturated heterocycles. The van der Waals surface area contributed by atoms with E-state index >= 15 is 0 Å². The van der Waals surface area contributed by atoms with Crippen molar-refractivity contribution >= 4 is 39.0 Å². The fourth-order valence-corrected chi connectivity index (χ4v) is 1.87. The fraction of sp³-hybridized carbons (Fsp3) is 0. The van der Waals surface area contributed by atoms with Gasteiger partial charge in [0.05, 0.1) is 5.02 Å². The molecule has 0 aliphatic carbocycles. The van der Waals surface area contributed by atoms with Crippen molar-refractivity contribution < 1.29 is 9.21 Å². The zero-order chi connectivity index (χ0) is 11.7. The molecule has 0 aliphatic rings. The smallest absolute Gasteiger partial charge is 0.229 e. The number of ketones is 1. The lowest BCUT2D eigenvalue weighted by Gasteiger charge is -2.01. The number of hydrogen-bond donors (Lipinski definition) is 1. The third-order valence-corrected chi connectivity index (χ3v) is 2.77. The number of nitrogen functional groups attached to an aromatic ring is 1. The number of rotatable bonds is 2. The van der Waals surface area contributed by atoms with Gasteiger partial charge in [0.25, 0.3) is 0 Å². The Hall–Kier alpha value is -1.26. The van der Waals surface area contributed by atoms with Crippen LogP contribution in [0.25, 0.3) is 0 Å². The molecule has 0 spiro atoms. The van der Waals surface area contributed by atoms with Crippen molar-refractivity contribution in [2.75, 3.05) is 5.73 Å². The van der Waals surface area contributed by atoms with Gasteiger partial charge in [0.2, 0.25) is 5.78 Å². The normalized spacial score (nSPS) is 10.4. The SMILES string of the molecule is Nc1ccc(C(=O)c2ccc(Br)o2)c(Cl)c1. The van der Waals surface area contributed by atoms with Crippen molar-refractivity contribution in [3.63, 3.8) is 0 Å². The van der Waals surface area contributed by atoms with Crippen LogP contribution in [-0.2, 0) is 0 Å². The van der Waals surface area contributed by atoms with E-state index < -0.39 is 0 Å². The molecule has 1 heterocycles. The highest BCUT2D eigenvalue weighted by molar-refractivity contribution is 9.10. The molecule has 0 saturated carbocycles. The van der Waals surface area contributed by atoms with Crippen LogP contribution in [0.4, 0.5) is 5.69 Å². The van der Waals surface area contributed by atoms with Gasteiger partial charge in [-0.1, -0.05) is 11.6 Å². The molecule has 2 aromatic rings. The average molecular weight is 301 g/mol. The summed E-state index contributed by atoms with van der Waals surface area (Å²) in [5.74, 6) is -0.0331. The van der Waals surface area contributed by atoms with Crippen LogP contribution in [0.1, 0.15) is 16.1 Å². The van der Waals surface area contributed by atoms with E-state index in [0.717, 1.165) is 0 Å². The number of hydrogen-bond acceptors (Lipinski definition) is 3. The second-order valence-electron chi connectivity index (χ2n) is 3.17. The number of nitrogens with two attached hydrogens (primary N) is 1. The standard InChI is InChI=1S/C11H7BrClNO2/c12-10-4-3-9(16-10)11(15)7-2-1-6(14)5-8(7)13/h1-5H,14H2. The Kier molecular flexibility index (Phi) is 3.03. The molecule has 5 heteroatoms. The average Bonchev–Trinajstić information content (AvgIpc) is 2.64. The lowest BCUT2D eigenvalue weighted by atomic mass is 10.1. The minimum atomic E-state index is -0.268. The van der Waals surface area contributed by atoms with E-state index in [9.17, 15) is 4.79 Å². The number of carbonyl (C=O) groups excluding carboxylic acids is 1. The van der Waals surface area contributed by atoms with Gasteiger partial charge < -0.3 is 10.2 Å². The summed E-state index contributed by atoms with van der Waals surface area (Å²) in [5.41, 5.74) is 6.43. The molecule has 16 heavy (non-hydrogen) atoms. The maximum Gasteiger partial charge on any atom is 0.229 e. The Morgan fingerprint density at radius 3 is 2.62 bits per heavy atom. The Morgan fingerprint density at radius 1 is 1.31 bits per heavy atom. The van der Waals surface area contributed by atoms with Gasteiger partial charge >= 0.3 is 0 Å². The van der Waals surface area contributed by atoms with Crippen molar-refractivity contribution in [1.82, 2.24) is 0 Å². The van der Waals surface area contributed by atoms with Crippen molar-refractivity contribution in [3.8, 4) is 0 Å². The highest BCUT2D eigenvalue weighted by Gasteiger charge is 2.16. The van der Waals surface area contributed by atoms with Gasteiger partial charge in [-0.2, -0.15) is 0 Å². The third kappa shape index (κ3) is 2.13. The van der Waals surface area contributed by atoms with E-state index in [1.165, 1.54) is 6.07 Å². The number of halogens is 2. The largest absolute Gasteiger partial charge is 0.446 e. The molecule has 0 unspecified atom stereocenters. The molecule has 2 rings (SSSR count). The molecule has 3 nitrogen and oxygen atoms in total. The van der Waals surface area contributed by atoms with Crippen molar-refractivity contribution in [2.24, 2.45) is 0 Å². The van der Waals surface area contributed by atoms with Crippen LogP contribution in [0, 0.1) is 0 Å². The van der Waals surface area contributed by atoms with E-state index in [4.69, 9.17) is 21.8 Å². The van der Waals surface area contributed by atoms with Gasteiger partial charge in [0, 0.05) is 11.3 Å². The molecular weight excluding hydrogens is 293 g/mol. The zero-order valence-electron chi connectivity index (χ0n) is 8.04. The summed E-state index contributed by atoms with van der Waals surface area (Å²) in [6, 6.07) is 7.97. The first-order valence-electron chi connectivity index (χ1n) is 4.43. The Labute approximate surface area is 105 Å². The predicted octanol–water partition coefficient (Wildman–Crippen LogP) is 3.51. The summed E-state index contributed by atoms with van der Waals surface area (Å²) < 4.78 is 5.66. The highest BCUT2D eigenvalue weighted by Crippen LogP contribution is 2.24. The van der Waals surface area contributed by atoms with Crippen LogP contribution in [0.3, 0.4) is 0 Å². The number of carbonyl (C=O) groups is 1. The first kappa shape index (κ1) is 11.2. The minimum Gasteiger partial charge on any atom is -0.446 e. The summed E-state index contributed by atoms with van der Waals surface area (Å²) in [7, 11) is 0. The molecular formula is C11H7BrClNO2. The summed E-state index contributed by atoms with van der Waals surface area (Å²) in [6.45, 7) is 0. The summed E-state index contributed by atoms with van der Waals surface area (Å²) in [4.78, 5) is 12.0. The van der Waals surface area contributed by atoms with Crippen LogP contribution in [0.5, 0.6) is 0 Å². The van der Waals surface area contributed by atoms with Crippen LogP contribution >= 0.6 is 27.5 Å². The van der Waals surface area contributed by atoms with Crippen LogP contribution in [-0.4, -0.2) is 5.78 Å². The molecule has 0 radical (unpaired) electrons. The topological polar surface area (TPSA) is 56.2 Å². The highest BCUT2D eigenvalue weighted by atomic mass is 79.9. The van der Waals surface area contributed by atoms with E-state index in [0.29, 0.717) is 20.9 Å². The summed E-state index contributed by atoms with van der Waals surface area (Å²) in [6.07, 6.45) is 0. The monoisotopic (exact) mass is 299 g/mol. The lowest BCUT2D eigenvalue weighted by molar-refractivity contribution is 0.101. The van der Waals surface area contributed by atoms with Crippen LogP contribution < -0.4 is 5.73 Å². The molecule has 0 atom stereocenters. The van der Waals surface area contributed by atoms with Gasteiger partial charge in [0.1, 0.15) is 0 Å². The molecule has 1 aromatic carbocycles. The zero-order valence-corrected chi connectivity index (χ0v) is 10.4. The molecule has 0 bridgehead atoms. The molecule has 2 N–H and O–H groups in total. The molecule has 0 amide bonds. The minimum absolute atomic E-state index is 0.235. The van der Waals surface area contributed by atoms with E-state index in [-0.39, 0.29) is 11.5 Å². The van der Waals surface area contributed by atoms with Crippen LogP contribution in [0.15, 0.2) is 39.4 Å². The predicted molar refractivity (Wildman–Crippen MR) is 65.7 cm³/mol. The van der Waals surface area contributed by atoms with Crippen LogP contribution in [0.2, 0.25) is 5.02 Å². The van der Waals surface area contributed by atoms with E-state index in [1.54, 1.807) is 24.3 Å². The summed E-state index contributed by atoms with van der Waals surface area (Å²) in [5, 5.41) is 0.317. The fourth-order valence-electron chi connectivity index (χ4n) is 1.28. The molecule has 0 aliphatic heterocycles. The van der Waals surface area contributed by atoms with Gasteiger partial charge in [-0.15, -0.1) is 0 Å². The Morgan fingerprint density at radius 2 is 2.06 bits per heavy atom. The Bertz CT molecular complexity index is 551. The third-order valence-electron chi connectivity index (χ3n) is 2.03. The van der Waals surface area contributed by atoms with Gasteiger partial charge in [-0.25, -0.2) is 0 Å². The number of furan rings is 1.